The van der Waals surface area contributed by atoms with Gasteiger partial charge in [-0.05, 0) is 0 Å². The number of ether oxygens (including phenoxy) is 2. The van der Waals surface area contributed by atoms with Gasteiger partial charge in [-0.3, -0.25) is 13.7 Å². The Hall–Kier alpha value is -1.63. The highest BCUT2D eigenvalue weighted by molar-refractivity contribution is 7.59. The minimum absolute atomic E-state index is 0. The highest BCUT2D eigenvalue weighted by Gasteiger charge is 2.48. The van der Waals surface area contributed by atoms with E-state index in [0.717, 1.165) is 10.9 Å². The van der Waals surface area contributed by atoms with E-state index >= 15 is 0 Å². The fourth-order valence-corrected chi connectivity index (χ4v) is 6.06. The van der Waals surface area contributed by atoms with E-state index < -0.39 is 77.9 Å². The van der Waals surface area contributed by atoms with Crippen LogP contribution in [0.4, 0.5) is 5.82 Å². The van der Waals surface area contributed by atoms with Gasteiger partial charge < -0.3 is 54.5 Å². The molecule has 18 nitrogen and oxygen atoms in total. The lowest BCUT2D eigenvalue weighted by Gasteiger charge is -2.32. The normalized spacial score (nSPS) is 44.6. The van der Waals surface area contributed by atoms with Crippen LogP contribution < -0.4 is 20.1 Å². The molecule has 0 radical (unpaired) electrons. The van der Waals surface area contributed by atoms with Crippen LogP contribution in [-0.2, 0) is 32.0 Å². The predicted octanol–water partition coefficient (Wildman–Crippen LogP) is -4.35. The average molecular weight is 541 g/mol. The summed E-state index contributed by atoms with van der Waals surface area (Å²) in [5, 5.41) is 41.5. The molecule has 0 amide bonds. The number of fused-ring (bicyclic) bond motifs is 7. The summed E-state index contributed by atoms with van der Waals surface area (Å²) in [5.41, 5.74) is 6.34. The number of aliphatic hydroxyl groups is 4. The number of nitrogens with two attached hydrogens (primary N) is 1. The number of aromatic nitrogens is 4. The SMILES string of the molecule is Nc1c2ncn3c2nc[n+]1C1OC(COP(=O)([O-])OP(=O)([O-])OCC2OC3C(O)C2O)C(O)C1O.[H+]. The molecule has 194 valence electrons. The highest BCUT2D eigenvalue weighted by atomic mass is 31.3. The molecule has 8 bridgehead atoms. The lowest BCUT2D eigenvalue weighted by atomic mass is 10.1. The van der Waals surface area contributed by atoms with Gasteiger partial charge in [0, 0.05) is 0 Å². The molecular weight excluding hydrogens is 520 g/mol. The number of phosphoric ester groups is 2. The number of aliphatic hydroxyl groups excluding tert-OH is 4. The first-order chi connectivity index (χ1) is 16.4. The zero-order chi connectivity index (χ0) is 25.3. The molecule has 35 heavy (non-hydrogen) atoms. The fourth-order valence-electron chi connectivity index (χ4n) is 4.05. The van der Waals surface area contributed by atoms with E-state index in [-0.39, 0.29) is 18.4 Å². The summed E-state index contributed by atoms with van der Waals surface area (Å²) in [4.78, 5) is 32.4. The number of anilines is 1. The molecular formula is C15H21N5O13P2. The van der Waals surface area contributed by atoms with Gasteiger partial charge in [0.1, 0.15) is 43.0 Å². The third kappa shape index (κ3) is 4.40. The molecule has 4 aliphatic rings. The van der Waals surface area contributed by atoms with Crippen molar-refractivity contribution in [1.82, 2.24) is 14.5 Å². The monoisotopic (exact) mass is 541 g/mol. The van der Waals surface area contributed by atoms with Gasteiger partial charge in [-0.15, -0.1) is 0 Å². The lowest BCUT2D eigenvalue weighted by molar-refractivity contribution is -0.755. The smallest absolute Gasteiger partial charge is 0.756 e. The first-order valence-corrected chi connectivity index (χ1v) is 13.0. The van der Waals surface area contributed by atoms with E-state index in [1.807, 2.05) is 0 Å². The Labute approximate surface area is 196 Å². The Morgan fingerprint density at radius 1 is 1.00 bits per heavy atom. The molecule has 10 atom stereocenters. The molecule has 6 N–H and O–H groups in total. The van der Waals surface area contributed by atoms with Crippen LogP contribution in [0.15, 0.2) is 12.7 Å². The Kier molecular flexibility index (Phi) is 6.25. The molecule has 0 spiro atoms. The lowest BCUT2D eigenvalue weighted by Crippen LogP contribution is -2.48. The van der Waals surface area contributed by atoms with E-state index in [0.29, 0.717) is 0 Å². The van der Waals surface area contributed by atoms with E-state index in [2.05, 4.69) is 23.3 Å². The Morgan fingerprint density at radius 3 is 2.26 bits per heavy atom. The van der Waals surface area contributed by atoms with Crippen molar-refractivity contribution in [3.05, 3.63) is 12.7 Å². The zero-order valence-electron chi connectivity index (χ0n) is 18.4. The van der Waals surface area contributed by atoms with Crippen LogP contribution in [0.25, 0.3) is 11.2 Å². The number of hydrogen-bond acceptors (Lipinski definition) is 16. The number of rotatable bonds is 0. The van der Waals surface area contributed by atoms with Gasteiger partial charge >= 0.3 is 1.43 Å². The first kappa shape index (κ1) is 25.0. The predicted molar refractivity (Wildman–Crippen MR) is 103 cm³/mol. The number of phosphoric acid groups is 2. The molecule has 4 aliphatic heterocycles. The quantitative estimate of drug-likeness (QED) is 0.156. The van der Waals surface area contributed by atoms with E-state index in [9.17, 15) is 39.3 Å². The standard InChI is InChI=1S/C15H21N5O13P2/c16-12-7-13-18-4-19(12)14-10(23)8(21)5(31-14)1-29-34(25,26)33-35(27,28)30-2-6-9(22)11(24)15(32-6)20(13)3-17-7/h3-6,8-11,14-16,21-24H,1-2H2,(H2,25,26,27,28). The van der Waals surface area contributed by atoms with Gasteiger partial charge in [-0.25, -0.2) is 13.9 Å². The Morgan fingerprint density at radius 2 is 1.60 bits per heavy atom. The second-order valence-electron chi connectivity index (χ2n) is 8.02. The molecule has 2 aromatic heterocycles. The van der Waals surface area contributed by atoms with Gasteiger partial charge in [0.2, 0.25) is 18.2 Å². The number of nitrogens with zero attached hydrogens (tertiary/aromatic N) is 4. The second-order valence-corrected chi connectivity index (χ2v) is 11.0. The summed E-state index contributed by atoms with van der Waals surface area (Å²) in [6.07, 6.45) is -9.75. The van der Waals surface area contributed by atoms with Crippen LogP contribution in [-0.4, -0.2) is 84.8 Å². The maximum absolute atomic E-state index is 12.0. The van der Waals surface area contributed by atoms with Crippen molar-refractivity contribution < 1.29 is 68.2 Å². The molecule has 2 fully saturated rings. The molecule has 20 heteroatoms. The zero-order valence-corrected chi connectivity index (χ0v) is 19.2. The van der Waals surface area contributed by atoms with Crippen molar-refractivity contribution in [3.8, 4) is 0 Å². The van der Waals surface area contributed by atoms with Gasteiger partial charge in [0.05, 0.1) is 13.2 Å². The third-order valence-corrected chi connectivity index (χ3v) is 8.34. The van der Waals surface area contributed by atoms with Crippen molar-refractivity contribution in [2.24, 2.45) is 0 Å². The third-order valence-electron chi connectivity index (χ3n) is 5.81. The van der Waals surface area contributed by atoms with Gasteiger partial charge in [-0.2, -0.15) is 0 Å². The molecule has 10 unspecified atom stereocenters. The maximum atomic E-state index is 12.0. The van der Waals surface area contributed by atoms with Crippen molar-refractivity contribution in [2.45, 2.75) is 49.1 Å². The topological polar surface area (TPSA) is 268 Å². The summed E-state index contributed by atoms with van der Waals surface area (Å²) < 4.78 is 50.4. The van der Waals surface area contributed by atoms with Gasteiger partial charge in [0.15, 0.2) is 11.7 Å². The highest BCUT2D eigenvalue weighted by Crippen LogP contribution is 2.56. The number of hydrogen-bond donors (Lipinski definition) is 5. The summed E-state index contributed by atoms with van der Waals surface area (Å²) in [5.74, 6) is -0.0780. The van der Waals surface area contributed by atoms with E-state index in [4.69, 9.17) is 15.2 Å². The maximum Gasteiger partial charge on any atom is 1.00 e. The van der Waals surface area contributed by atoms with Crippen molar-refractivity contribution in [2.75, 3.05) is 18.9 Å². The van der Waals surface area contributed by atoms with E-state index in [1.54, 1.807) is 0 Å². The van der Waals surface area contributed by atoms with Crippen molar-refractivity contribution in [3.63, 3.8) is 0 Å². The Bertz CT molecular complexity index is 1240. The average Bonchev–Trinajstić information content (AvgIpc) is 3.41. The van der Waals surface area contributed by atoms with Crippen molar-refractivity contribution >= 4 is 32.6 Å². The molecule has 2 aromatic rings. The molecule has 6 heterocycles. The minimum atomic E-state index is -5.56. The van der Waals surface area contributed by atoms with Crippen molar-refractivity contribution in [1.29, 1.82) is 0 Å². The van der Waals surface area contributed by atoms with Gasteiger partial charge in [-0.1, -0.05) is 4.98 Å². The number of imidazole rings is 1. The fraction of sp³-hybridized carbons (Fsp3) is 0.667. The van der Waals surface area contributed by atoms with Crippen LogP contribution in [0.2, 0.25) is 0 Å². The molecule has 0 aromatic carbocycles. The van der Waals surface area contributed by atoms with Gasteiger partial charge in [0.25, 0.3) is 21.5 Å². The largest absolute Gasteiger partial charge is 1.00 e. The summed E-state index contributed by atoms with van der Waals surface area (Å²) >= 11 is 0. The van der Waals surface area contributed by atoms with Crippen LogP contribution in [0.5, 0.6) is 0 Å². The second kappa shape index (κ2) is 8.74. The van der Waals surface area contributed by atoms with E-state index in [1.165, 1.54) is 10.9 Å². The first-order valence-electron chi connectivity index (χ1n) is 10.1. The summed E-state index contributed by atoms with van der Waals surface area (Å²) in [6, 6.07) is 0. The molecule has 6 rings (SSSR count). The summed E-state index contributed by atoms with van der Waals surface area (Å²) in [7, 11) is -11.1. The summed E-state index contributed by atoms with van der Waals surface area (Å²) in [6.45, 7) is -1.85. The van der Waals surface area contributed by atoms with Crippen LogP contribution in [0.3, 0.4) is 0 Å². The molecule has 0 saturated carbocycles. The Balaban J connectivity index is 0.00000304. The number of nitrogen functional groups attached to an aromatic ring is 1. The molecule has 0 aliphatic carbocycles. The minimum Gasteiger partial charge on any atom is -0.756 e. The van der Waals surface area contributed by atoms with Crippen LogP contribution >= 0.6 is 15.6 Å². The van der Waals surface area contributed by atoms with Crippen LogP contribution in [0, 0.1) is 0 Å². The van der Waals surface area contributed by atoms with Crippen LogP contribution in [0.1, 0.15) is 13.9 Å². The molecule has 2 saturated heterocycles.